The van der Waals surface area contributed by atoms with Crippen LogP contribution in [0, 0.1) is 0 Å². The lowest BCUT2D eigenvalue weighted by Crippen LogP contribution is -2.00. The van der Waals surface area contributed by atoms with Gasteiger partial charge in [-0.05, 0) is 46.3 Å². The maximum atomic E-state index is 12.3. The smallest absolute Gasteiger partial charge is 0.193 e. The Kier molecular flexibility index (Phi) is 3.85. The molecule has 3 aromatic rings. The van der Waals surface area contributed by atoms with Gasteiger partial charge >= 0.3 is 0 Å². The number of methoxy groups -OCH3 is 1. The lowest BCUT2D eigenvalue weighted by atomic mass is 10.1. The molecule has 0 bridgehead atoms. The lowest BCUT2D eigenvalue weighted by Gasteiger charge is -2.08. The Labute approximate surface area is 139 Å². The molecule has 1 N–H and O–H groups in total. The molecule has 6 heteroatoms. The highest BCUT2D eigenvalue weighted by Crippen LogP contribution is 2.34. The van der Waals surface area contributed by atoms with Crippen molar-refractivity contribution in [3.8, 4) is 22.8 Å². The largest absolute Gasteiger partial charge is 0.504 e. The van der Waals surface area contributed by atoms with Crippen molar-refractivity contribution in [1.29, 1.82) is 0 Å². The summed E-state index contributed by atoms with van der Waals surface area (Å²) in [6.45, 7) is 0. The third-order valence-corrected chi connectivity index (χ3v) is 4.02. The normalized spacial score (nSPS) is 10.9. The van der Waals surface area contributed by atoms with Gasteiger partial charge in [-0.3, -0.25) is 4.79 Å². The van der Waals surface area contributed by atoms with E-state index in [1.807, 2.05) is 0 Å². The summed E-state index contributed by atoms with van der Waals surface area (Å²) in [4.78, 5) is 12.3. The minimum absolute atomic E-state index is 0.0161. The maximum Gasteiger partial charge on any atom is 0.193 e. The van der Waals surface area contributed by atoms with Crippen LogP contribution >= 0.6 is 27.5 Å². The van der Waals surface area contributed by atoms with Gasteiger partial charge in [0, 0.05) is 16.7 Å². The van der Waals surface area contributed by atoms with Crippen LogP contribution in [-0.2, 0) is 0 Å². The number of halogens is 2. The second kappa shape index (κ2) is 5.66. The first kappa shape index (κ1) is 14.9. The summed E-state index contributed by atoms with van der Waals surface area (Å²) >= 11 is 9.30. The summed E-state index contributed by atoms with van der Waals surface area (Å²) in [7, 11) is 1.45. The summed E-state index contributed by atoms with van der Waals surface area (Å²) in [5, 5.41) is 10.5. The summed E-state index contributed by atoms with van der Waals surface area (Å²) in [5.74, 6) is 0.691. The predicted molar refractivity (Wildman–Crippen MR) is 88.8 cm³/mol. The highest BCUT2D eigenvalue weighted by molar-refractivity contribution is 9.10. The molecule has 4 nitrogen and oxygen atoms in total. The van der Waals surface area contributed by atoms with Gasteiger partial charge in [-0.2, -0.15) is 0 Å². The van der Waals surface area contributed by atoms with Crippen LogP contribution in [0.4, 0.5) is 0 Å². The Hall–Kier alpha value is -1.98. The van der Waals surface area contributed by atoms with Crippen LogP contribution in [0.2, 0.25) is 5.02 Å². The molecule has 0 aliphatic rings. The van der Waals surface area contributed by atoms with Crippen molar-refractivity contribution >= 4 is 38.5 Å². The van der Waals surface area contributed by atoms with E-state index < -0.39 is 0 Å². The molecular formula is C16H10BrClO4. The van der Waals surface area contributed by atoms with Gasteiger partial charge in [0.05, 0.1) is 17.0 Å². The van der Waals surface area contributed by atoms with E-state index in [-0.39, 0.29) is 11.2 Å². The van der Waals surface area contributed by atoms with Crippen LogP contribution < -0.4 is 10.2 Å². The third kappa shape index (κ3) is 2.58. The summed E-state index contributed by atoms with van der Waals surface area (Å²) in [6, 6.07) is 9.34. The molecule has 0 unspecified atom stereocenters. The van der Waals surface area contributed by atoms with Crippen molar-refractivity contribution in [2.24, 2.45) is 0 Å². The molecular weight excluding hydrogens is 372 g/mol. The number of phenolic OH excluding ortho intramolecular Hbond substituents is 1. The van der Waals surface area contributed by atoms with Gasteiger partial charge in [0.15, 0.2) is 22.5 Å². The highest BCUT2D eigenvalue weighted by Gasteiger charge is 2.12. The number of aromatic hydroxyl groups is 1. The number of ether oxygens (including phenoxy) is 1. The molecule has 1 heterocycles. The molecule has 112 valence electrons. The van der Waals surface area contributed by atoms with E-state index in [1.54, 1.807) is 24.3 Å². The molecule has 0 aliphatic carbocycles. The van der Waals surface area contributed by atoms with Gasteiger partial charge in [-0.25, -0.2) is 0 Å². The van der Waals surface area contributed by atoms with Gasteiger partial charge in [0.25, 0.3) is 0 Å². The van der Waals surface area contributed by atoms with E-state index in [1.165, 1.54) is 19.2 Å². The van der Waals surface area contributed by atoms with Crippen molar-refractivity contribution in [3.63, 3.8) is 0 Å². The van der Waals surface area contributed by atoms with E-state index in [0.29, 0.717) is 37.5 Å². The number of hydrogen-bond donors (Lipinski definition) is 1. The van der Waals surface area contributed by atoms with Gasteiger partial charge in [0.2, 0.25) is 0 Å². The van der Waals surface area contributed by atoms with Crippen molar-refractivity contribution in [2.45, 2.75) is 0 Å². The molecule has 0 aliphatic heterocycles. The zero-order chi connectivity index (χ0) is 15.9. The number of benzene rings is 2. The Morgan fingerprint density at radius 3 is 2.73 bits per heavy atom. The SMILES string of the molecule is COc1cc(-c2cc(=O)c3cc(Cl)cc(Br)c3o2)ccc1O. The zero-order valence-corrected chi connectivity index (χ0v) is 13.7. The Morgan fingerprint density at radius 2 is 2.00 bits per heavy atom. The molecule has 0 atom stereocenters. The Morgan fingerprint density at radius 1 is 1.23 bits per heavy atom. The summed E-state index contributed by atoms with van der Waals surface area (Å²) < 4.78 is 11.5. The van der Waals surface area contributed by atoms with Crippen LogP contribution in [0.25, 0.3) is 22.3 Å². The molecule has 0 saturated carbocycles. The summed E-state index contributed by atoms with van der Waals surface area (Å²) in [5.41, 5.74) is 0.834. The number of rotatable bonds is 2. The van der Waals surface area contributed by atoms with Crippen LogP contribution in [-0.4, -0.2) is 12.2 Å². The van der Waals surface area contributed by atoms with E-state index >= 15 is 0 Å². The molecule has 2 aromatic carbocycles. The topological polar surface area (TPSA) is 59.7 Å². The Balaban J connectivity index is 2.27. The predicted octanol–water partition coefficient (Wildman–Crippen LogP) is 4.59. The molecule has 1 aromatic heterocycles. The van der Waals surface area contributed by atoms with E-state index in [9.17, 15) is 9.90 Å². The van der Waals surface area contributed by atoms with Crippen LogP contribution in [0.5, 0.6) is 11.5 Å². The average molecular weight is 382 g/mol. The molecule has 0 amide bonds. The molecule has 0 spiro atoms. The molecule has 22 heavy (non-hydrogen) atoms. The van der Waals surface area contributed by atoms with Gasteiger partial charge in [0.1, 0.15) is 5.76 Å². The average Bonchev–Trinajstić information content (AvgIpc) is 2.48. The van der Waals surface area contributed by atoms with Crippen molar-refractivity contribution in [2.75, 3.05) is 7.11 Å². The third-order valence-electron chi connectivity index (χ3n) is 3.21. The van der Waals surface area contributed by atoms with Crippen molar-refractivity contribution in [1.82, 2.24) is 0 Å². The molecule has 0 fully saturated rings. The number of phenols is 1. The van der Waals surface area contributed by atoms with Gasteiger partial charge in [-0.15, -0.1) is 0 Å². The summed E-state index contributed by atoms with van der Waals surface area (Å²) in [6.07, 6.45) is 0. The first-order valence-electron chi connectivity index (χ1n) is 6.30. The van der Waals surface area contributed by atoms with Gasteiger partial charge < -0.3 is 14.3 Å². The number of fused-ring (bicyclic) bond motifs is 1. The first-order chi connectivity index (χ1) is 10.5. The van der Waals surface area contributed by atoms with E-state index in [0.717, 1.165) is 0 Å². The van der Waals surface area contributed by atoms with Gasteiger partial charge in [-0.1, -0.05) is 11.6 Å². The monoisotopic (exact) mass is 380 g/mol. The fraction of sp³-hybridized carbons (Fsp3) is 0.0625. The zero-order valence-electron chi connectivity index (χ0n) is 11.4. The first-order valence-corrected chi connectivity index (χ1v) is 7.47. The van der Waals surface area contributed by atoms with E-state index in [4.69, 9.17) is 20.8 Å². The van der Waals surface area contributed by atoms with Crippen LogP contribution in [0.3, 0.4) is 0 Å². The fourth-order valence-corrected chi connectivity index (χ4v) is 3.05. The lowest BCUT2D eigenvalue weighted by molar-refractivity contribution is 0.373. The van der Waals surface area contributed by atoms with Crippen LogP contribution in [0.1, 0.15) is 0 Å². The molecule has 3 rings (SSSR count). The minimum Gasteiger partial charge on any atom is -0.504 e. The number of hydrogen-bond acceptors (Lipinski definition) is 4. The van der Waals surface area contributed by atoms with Crippen LogP contribution in [0.15, 0.2) is 50.1 Å². The second-order valence-electron chi connectivity index (χ2n) is 4.63. The highest BCUT2D eigenvalue weighted by atomic mass is 79.9. The Bertz CT molecular complexity index is 933. The molecule has 0 radical (unpaired) electrons. The molecule has 0 saturated heterocycles. The standard InChI is InChI=1S/C16H10BrClO4/c1-21-15-4-8(2-3-12(15)19)14-7-13(20)10-5-9(18)6-11(17)16(10)22-14/h2-7,19H,1H3. The van der Waals surface area contributed by atoms with Crippen molar-refractivity contribution < 1.29 is 14.3 Å². The quantitative estimate of drug-likeness (QED) is 0.705. The minimum atomic E-state index is -0.202. The fourth-order valence-electron chi connectivity index (χ4n) is 2.16. The maximum absolute atomic E-state index is 12.3. The van der Waals surface area contributed by atoms with E-state index in [2.05, 4.69) is 15.9 Å². The second-order valence-corrected chi connectivity index (χ2v) is 5.92. The van der Waals surface area contributed by atoms with Crippen molar-refractivity contribution in [3.05, 3.63) is 56.1 Å².